The van der Waals surface area contributed by atoms with Gasteiger partial charge in [-0.3, -0.25) is 4.79 Å². The minimum absolute atomic E-state index is 0.264. The van der Waals surface area contributed by atoms with Gasteiger partial charge in [0.2, 0.25) is 0 Å². The number of carbonyl (C=O) groups excluding carboxylic acids is 1. The third kappa shape index (κ3) is 4.50. The molecule has 6 nitrogen and oxygen atoms in total. The molecule has 6 heteroatoms. The molecule has 1 aliphatic rings. The molecule has 150 valence electrons. The molecule has 0 atom stereocenters. The first-order valence-electron chi connectivity index (χ1n) is 9.62. The maximum Gasteiger partial charge on any atom is 0.259 e. The Balaban J connectivity index is 1.75. The van der Waals surface area contributed by atoms with Gasteiger partial charge in [-0.1, -0.05) is 12.8 Å². The van der Waals surface area contributed by atoms with Crippen LogP contribution < -0.4 is 24.4 Å². The van der Waals surface area contributed by atoms with Crippen molar-refractivity contribution in [1.82, 2.24) is 0 Å². The van der Waals surface area contributed by atoms with Crippen molar-refractivity contribution < 1.29 is 19.0 Å². The number of hydrogen-bond acceptors (Lipinski definition) is 5. The molecule has 0 radical (unpaired) electrons. The van der Waals surface area contributed by atoms with E-state index in [1.807, 2.05) is 12.1 Å². The smallest absolute Gasteiger partial charge is 0.259 e. The van der Waals surface area contributed by atoms with Crippen molar-refractivity contribution >= 4 is 17.3 Å². The minimum Gasteiger partial charge on any atom is -0.496 e. The van der Waals surface area contributed by atoms with Crippen molar-refractivity contribution in [3.63, 3.8) is 0 Å². The fourth-order valence-electron chi connectivity index (χ4n) is 3.49. The number of benzene rings is 2. The predicted octanol–water partition coefficient (Wildman–Crippen LogP) is 4.35. The highest BCUT2D eigenvalue weighted by Gasteiger charge is 2.18. The number of rotatable bonds is 6. The van der Waals surface area contributed by atoms with Crippen LogP contribution in [0.5, 0.6) is 17.2 Å². The Morgan fingerprint density at radius 1 is 0.821 bits per heavy atom. The molecule has 0 spiro atoms. The van der Waals surface area contributed by atoms with Crippen LogP contribution in [0, 0.1) is 0 Å². The van der Waals surface area contributed by atoms with Crippen molar-refractivity contribution in [2.45, 2.75) is 25.7 Å². The van der Waals surface area contributed by atoms with Crippen molar-refractivity contribution in [3.8, 4) is 17.2 Å². The lowest BCUT2D eigenvalue weighted by Crippen LogP contribution is -2.23. The molecule has 28 heavy (non-hydrogen) atoms. The Morgan fingerprint density at radius 3 is 1.96 bits per heavy atom. The van der Waals surface area contributed by atoms with Gasteiger partial charge in [0, 0.05) is 36.6 Å². The Morgan fingerprint density at radius 2 is 1.39 bits per heavy atom. The van der Waals surface area contributed by atoms with Gasteiger partial charge in [-0.05, 0) is 37.1 Å². The Labute approximate surface area is 166 Å². The molecule has 1 aliphatic heterocycles. The topological polar surface area (TPSA) is 60.0 Å². The molecule has 1 N–H and O–H groups in total. The summed E-state index contributed by atoms with van der Waals surface area (Å²) in [6.07, 6.45) is 5.07. The van der Waals surface area contributed by atoms with E-state index in [9.17, 15) is 4.79 Å². The lowest BCUT2D eigenvalue weighted by molar-refractivity contribution is 0.102. The Hall–Kier alpha value is -2.89. The van der Waals surface area contributed by atoms with Crippen LogP contribution >= 0.6 is 0 Å². The number of hydrogen-bond donors (Lipinski definition) is 1. The Bertz CT molecular complexity index is 797. The largest absolute Gasteiger partial charge is 0.496 e. The molecular formula is C22H28N2O4. The highest BCUT2D eigenvalue weighted by molar-refractivity contribution is 6.06. The maximum absolute atomic E-state index is 12.8. The van der Waals surface area contributed by atoms with Gasteiger partial charge in [-0.2, -0.15) is 0 Å². The van der Waals surface area contributed by atoms with Crippen molar-refractivity contribution in [2.75, 3.05) is 44.6 Å². The summed E-state index contributed by atoms with van der Waals surface area (Å²) in [7, 11) is 4.60. The van der Waals surface area contributed by atoms with Crippen molar-refractivity contribution in [2.24, 2.45) is 0 Å². The number of nitrogens with one attached hydrogen (secondary N) is 1. The average Bonchev–Trinajstić information content (AvgIpc) is 3.02. The second-order valence-corrected chi connectivity index (χ2v) is 6.81. The van der Waals surface area contributed by atoms with Crippen molar-refractivity contribution in [1.29, 1.82) is 0 Å². The van der Waals surface area contributed by atoms with Gasteiger partial charge in [0.25, 0.3) is 5.91 Å². The van der Waals surface area contributed by atoms with Crippen molar-refractivity contribution in [3.05, 3.63) is 42.0 Å². The molecule has 2 aromatic carbocycles. The molecule has 1 saturated heterocycles. The molecule has 0 bridgehead atoms. The van der Waals surface area contributed by atoms with Crippen LogP contribution in [0.4, 0.5) is 11.4 Å². The third-order valence-electron chi connectivity index (χ3n) is 5.05. The summed E-state index contributed by atoms with van der Waals surface area (Å²) in [6.45, 7) is 2.18. The lowest BCUT2D eigenvalue weighted by Gasteiger charge is -2.22. The van der Waals surface area contributed by atoms with E-state index in [0.29, 0.717) is 22.8 Å². The maximum atomic E-state index is 12.8. The summed E-state index contributed by atoms with van der Waals surface area (Å²) in [5, 5.41) is 2.93. The number of amides is 1. The second-order valence-electron chi connectivity index (χ2n) is 6.81. The molecule has 0 aromatic heterocycles. The fourth-order valence-corrected chi connectivity index (χ4v) is 3.49. The SMILES string of the molecule is COc1cc(OC)c(C(=O)Nc2ccc(N3CCCCCC3)cc2)cc1OC. The highest BCUT2D eigenvalue weighted by atomic mass is 16.5. The molecule has 3 rings (SSSR count). The van der Waals surface area contributed by atoms with E-state index in [4.69, 9.17) is 14.2 Å². The van der Waals surface area contributed by atoms with Gasteiger partial charge < -0.3 is 24.4 Å². The molecule has 1 amide bonds. The van der Waals surface area contributed by atoms with Gasteiger partial charge in [0.05, 0.1) is 26.9 Å². The van der Waals surface area contributed by atoms with Gasteiger partial charge in [0.15, 0.2) is 11.5 Å². The zero-order chi connectivity index (χ0) is 19.9. The van der Waals surface area contributed by atoms with Crippen LogP contribution in [-0.4, -0.2) is 40.3 Å². The molecule has 0 unspecified atom stereocenters. The van der Waals surface area contributed by atoms with Gasteiger partial charge in [-0.25, -0.2) is 0 Å². The first kappa shape index (κ1) is 19.9. The summed E-state index contributed by atoms with van der Waals surface area (Å²) >= 11 is 0. The molecule has 1 heterocycles. The van der Waals surface area contributed by atoms with Crippen LogP contribution in [0.3, 0.4) is 0 Å². The fraction of sp³-hybridized carbons (Fsp3) is 0.409. The number of methoxy groups -OCH3 is 3. The van der Waals surface area contributed by atoms with E-state index < -0.39 is 0 Å². The number of anilines is 2. The third-order valence-corrected chi connectivity index (χ3v) is 5.05. The van der Waals surface area contributed by atoms with Crippen LogP contribution in [0.25, 0.3) is 0 Å². The zero-order valence-corrected chi connectivity index (χ0v) is 16.8. The van der Waals surface area contributed by atoms with Crippen LogP contribution in [-0.2, 0) is 0 Å². The number of ether oxygens (including phenoxy) is 3. The summed E-state index contributed by atoms with van der Waals surface area (Å²) in [5.74, 6) is 1.15. The molecule has 0 saturated carbocycles. The first-order chi connectivity index (χ1) is 13.7. The van der Waals surface area contributed by atoms with Gasteiger partial charge in [-0.15, -0.1) is 0 Å². The van der Waals surface area contributed by atoms with E-state index >= 15 is 0 Å². The summed E-state index contributed by atoms with van der Waals surface area (Å²) in [5.41, 5.74) is 2.32. The normalized spacial score (nSPS) is 14.2. The predicted molar refractivity (Wildman–Crippen MR) is 111 cm³/mol. The van der Waals surface area contributed by atoms with E-state index in [-0.39, 0.29) is 5.91 Å². The number of carbonyl (C=O) groups is 1. The average molecular weight is 384 g/mol. The summed E-state index contributed by atoms with van der Waals surface area (Å²) in [4.78, 5) is 15.2. The Kier molecular flexibility index (Phi) is 6.63. The van der Waals surface area contributed by atoms with Crippen LogP contribution in [0.15, 0.2) is 36.4 Å². The highest BCUT2D eigenvalue weighted by Crippen LogP contribution is 2.35. The van der Waals surface area contributed by atoms with Gasteiger partial charge >= 0.3 is 0 Å². The van der Waals surface area contributed by atoms with Crippen LogP contribution in [0.2, 0.25) is 0 Å². The molecule has 1 fully saturated rings. The van der Waals surface area contributed by atoms with Gasteiger partial charge in [0.1, 0.15) is 5.75 Å². The summed E-state index contributed by atoms with van der Waals surface area (Å²) < 4.78 is 15.9. The second kappa shape index (κ2) is 9.35. The molecule has 0 aliphatic carbocycles. The first-order valence-corrected chi connectivity index (χ1v) is 9.62. The van der Waals surface area contributed by atoms with E-state index in [0.717, 1.165) is 18.8 Å². The number of nitrogens with zero attached hydrogens (tertiary/aromatic N) is 1. The minimum atomic E-state index is -0.264. The zero-order valence-electron chi connectivity index (χ0n) is 16.8. The van der Waals surface area contributed by atoms with Crippen LogP contribution in [0.1, 0.15) is 36.0 Å². The lowest BCUT2D eigenvalue weighted by atomic mass is 10.1. The van der Waals surface area contributed by atoms with E-state index in [1.54, 1.807) is 19.2 Å². The molecule has 2 aromatic rings. The molecular weight excluding hydrogens is 356 g/mol. The van der Waals surface area contributed by atoms with E-state index in [2.05, 4.69) is 22.3 Å². The quantitative estimate of drug-likeness (QED) is 0.803. The standard InChI is InChI=1S/C22H28N2O4/c1-26-19-15-21(28-3)20(27-2)14-18(19)22(25)23-16-8-10-17(11-9-16)24-12-6-4-5-7-13-24/h8-11,14-15H,4-7,12-13H2,1-3H3,(H,23,25). The van der Waals surface area contributed by atoms with E-state index in [1.165, 1.54) is 45.6 Å². The summed E-state index contributed by atoms with van der Waals surface area (Å²) in [6, 6.07) is 11.3. The monoisotopic (exact) mass is 384 g/mol.